The molecule has 1 aromatic heterocycles. The zero-order valence-corrected chi connectivity index (χ0v) is 10.9. The van der Waals surface area contributed by atoms with Gasteiger partial charge in [-0.2, -0.15) is 0 Å². The van der Waals surface area contributed by atoms with Crippen LogP contribution in [-0.2, 0) is 0 Å². The number of oxime groups is 1. The van der Waals surface area contributed by atoms with Crippen molar-refractivity contribution < 1.29 is 10.0 Å². The van der Waals surface area contributed by atoms with Gasteiger partial charge >= 0.3 is 0 Å². The molecule has 0 aliphatic heterocycles. The molecule has 2 rings (SSSR count). The van der Waals surface area contributed by atoms with Crippen molar-refractivity contribution in [2.45, 2.75) is 32.2 Å². The van der Waals surface area contributed by atoms with Gasteiger partial charge in [-0.3, -0.25) is 9.78 Å². The van der Waals surface area contributed by atoms with Crippen LogP contribution in [0, 0.1) is 6.92 Å². The van der Waals surface area contributed by atoms with Crippen molar-refractivity contribution in [3.8, 4) is 0 Å². The Morgan fingerprint density at radius 2 is 2.32 bits per heavy atom. The molecule has 0 saturated heterocycles. The third-order valence-corrected chi connectivity index (χ3v) is 3.14. The normalized spacial score (nSPS) is 15.3. The van der Waals surface area contributed by atoms with Gasteiger partial charge in [-0.15, -0.1) is 0 Å². The first-order chi connectivity index (χ1) is 9.11. The number of carbonyl (C=O) groups is 1. The van der Waals surface area contributed by atoms with Gasteiger partial charge in [-0.1, -0.05) is 5.16 Å². The molecule has 1 fully saturated rings. The quantitative estimate of drug-likeness (QED) is 0.360. The van der Waals surface area contributed by atoms with Crippen LogP contribution in [0.5, 0.6) is 0 Å². The number of hydrogen-bond donors (Lipinski definition) is 2. The fraction of sp³-hybridized carbons (Fsp3) is 0.462. The molecule has 3 N–H and O–H groups in total. The molecule has 0 unspecified atom stereocenters. The van der Waals surface area contributed by atoms with Gasteiger partial charge in [-0.05, 0) is 31.9 Å². The first-order valence-electron chi connectivity index (χ1n) is 6.32. The highest BCUT2D eigenvalue weighted by Gasteiger charge is 2.32. The summed E-state index contributed by atoms with van der Waals surface area (Å²) in [6.07, 6.45) is 4.00. The van der Waals surface area contributed by atoms with Crippen LogP contribution in [0.25, 0.3) is 0 Å². The van der Waals surface area contributed by atoms with E-state index in [4.69, 9.17) is 10.9 Å². The van der Waals surface area contributed by atoms with E-state index in [0.717, 1.165) is 18.5 Å². The fourth-order valence-electron chi connectivity index (χ4n) is 1.88. The van der Waals surface area contributed by atoms with Crippen molar-refractivity contribution in [2.24, 2.45) is 10.9 Å². The fourth-order valence-corrected chi connectivity index (χ4v) is 1.88. The van der Waals surface area contributed by atoms with E-state index in [-0.39, 0.29) is 17.8 Å². The largest absolute Gasteiger partial charge is 0.409 e. The second-order valence-electron chi connectivity index (χ2n) is 4.76. The van der Waals surface area contributed by atoms with Crippen molar-refractivity contribution in [1.29, 1.82) is 0 Å². The van der Waals surface area contributed by atoms with Crippen LogP contribution in [0.15, 0.2) is 23.5 Å². The monoisotopic (exact) mass is 262 g/mol. The zero-order chi connectivity index (χ0) is 13.8. The molecule has 6 heteroatoms. The summed E-state index contributed by atoms with van der Waals surface area (Å²) in [7, 11) is 0. The Bertz CT molecular complexity index is 480. The smallest absolute Gasteiger partial charge is 0.255 e. The van der Waals surface area contributed by atoms with Crippen LogP contribution in [0.4, 0.5) is 0 Å². The predicted octanol–water partition coefficient (Wildman–Crippen LogP) is 1.13. The summed E-state index contributed by atoms with van der Waals surface area (Å²) < 4.78 is 0. The molecule has 0 aromatic carbocycles. The molecule has 1 aliphatic carbocycles. The molecule has 1 aliphatic rings. The molecule has 6 nitrogen and oxygen atoms in total. The Kier molecular flexibility index (Phi) is 3.99. The molecular weight excluding hydrogens is 244 g/mol. The molecule has 0 atom stereocenters. The van der Waals surface area contributed by atoms with E-state index in [9.17, 15) is 4.79 Å². The molecule has 0 spiro atoms. The Balaban J connectivity index is 2.06. The Labute approximate surface area is 111 Å². The Morgan fingerprint density at radius 1 is 1.58 bits per heavy atom. The average molecular weight is 262 g/mol. The van der Waals surface area contributed by atoms with Gasteiger partial charge in [0.2, 0.25) is 0 Å². The van der Waals surface area contributed by atoms with E-state index >= 15 is 0 Å². The van der Waals surface area contributed by atoms with E-state index in [1.54, 1.807) is 17.2 Å². The lowest BCUT2D eigenvalue weighted by atomic mass is 10.2. The summed E-state index contributed by atoms with van der Waals surface area (Å²) in [5, 5.41) is 11.5. The molecular formula is C13H18N4O2. The average Bonchev–Trinajstić information content (AvgIpc) is 3.24. The molecule has 102 valence electrons. The van der Waals surface area contributed by atoms with E-state index in [1.807, 2.05) is 13.0 Å². The molecule has 1 saturated carbocycles. The minimum atomic E-state index is -0.0410. The number of amides is 1. The molecule has 19 heavy (non-hydrogen) atoms. The van der Waals surface area contributed by atoms with Gasteiger partial charge in [0.25, 0.3) is 5.91 Å². The predicted molar refractivity (Wildman–Crippen MR) is 71.1 cm³/mol. The minimum absolute atomic E-state index is 0.0410. The van der Waals surface area contributed by atoms with E-state index in [0.29, 0.717) is 18.5 Å². The summed E-state index contributed by atoms with van der Waals surface area (Å²) in [4.78, 5) is 18.3. The van der Waals surface area contributed by atoms with Gasteiger partial charge in [0, 0.05) is 30.9 Å². The van der Waals surface area contributed by atoms with E-state index < -0.39 is 0 Å². The van der Waals surface area contributed by atoms with E-state index in [2.05, 4.69) is 10.1 Å². The molecule has 0 radical (unpaired) electrons. The van der Waals surface area contributed by atoms with Crippen LogP contribution < -0.4 is 5.73 Å². The van der Waals surface area contributed by atoms with Gasteiger partial charge in [0.15, 0.2) is 0 Å². The summed E-state index contributed by atoms with van der Waals surface area (Å²) in [5.41, 5.74) is 6.91. The summed E-state index contributed by atoms with van der Waals surface area (Å²) >= 11 is 0. The molecule has 1 amide bonds. The lowest BCUT2D eigenvalue weighted by Crippen LogP contribution is -2.36. The van der Waals surface area contributed by atoms with Crippen molar-refractivity contribution in [2.75, 3.05) is 6.54 Å². The number of aryl methyl sites for hydroxylation is 1. The number of hydrogen-bond acceptors (Lipinski definition) is 4. The van der Waals surface area contributed by atoms with Crippen LogP contribution >= 0.6 is 0 Å². The van der Waals surface area contributed by atoms with Crippen LogP contribution in [0.2, 0.25) is 0 Å². The minimum Gasteiger partial charge on any atom is -0.409 e. The maximum Gasteiger partial charge on any atom is 0.255 e. The van der Waals surface area contributed by atoms with Crippen molar-refractivity contribution in [1.82, 2.24) is 9.88 Å². The standard InChI is InChI=1S/C13H18N4O2/c1-9-2-3-10(8-15-9)13(18)17(11-4-5-11)7-6-12(14)16-19/h2-3,8,11,19H,4-7H2,1H3,(H2,14,16). The van der Waals surface area contributed by atoms with Crippen molar-refractivity contribution in [3.63, 3.8) is 0 Å². The number of rotatable bonds is 5. The van der Waals surface area contributed by atoms with Gasteiger partial charge in [0.1, 0.15) is 5.84 Å². The Hall–Kier alpha value is -2.11. The number of amidine groups is 1. The van der Waals surface area contributed by atoms with Crippen LogP contribution in [0.3, 0.4) is 0 Å². The van der Waals surface area contributed by atoms with Gasteiger partial charge in [0.05, 0.1) is 5.56 Å². The van der Waals surface area contributed by atoms with Crippen molar-refractivity contribution >= 4 is 11.7 Å². The highest BCUT2D eigenvalue weighted by atomic mass is 16.4. The topological polar surface area (TPSA) is 91.8 Å². The van der Waals surface area contributed by atoms with Crippen molar-refractivity contribution in [3.05, 3.63) is 29.6 Å². The molecule has 1 heterocycles. The maximum atomic E-state index is 12.4. The maximum absolute atomic E-state index is 12.4. The number of carbonyl (C=O) groups excluding carboxylic acids is 1. The first-order valence-corrected chi connectivity index (χ1v) is 6.32. The highest BCUT2D eigenvalue weighted by molar-refractivity contribution is 5.94. The molecule has 0 bridgehead atoms. The lowest BCUT2D eigenvalue weighted by molar-refractivity contribution is 0.0747. The number of pyridine rings is 1. The third-order valence-electron chi connectivity index (χ3n) is 3.14. The summed E-state index contributed by atoms with van der Waals surface area (Å²) in [6.45, 7) is 2.35. The molecule has 1 aromatic rings. The van der Waals surface area contributed by atoms with Gasteiger partial charge in [-0.25, -0.2) is 0 Å². The second-order valence-corrected chi connectivity index (χ2v) is 4.76. The second kappa shape index (κ2) is 5.69. The number of nitrogens with zero attached hydrogens (tertiary/aromatic N) is 3. The Morgan fingerprint density at radius 3 is 2.84 bits per heavy atom. The van der Waals surface area contributed by atoms with Crippen LogP contribution in [0.1, 0.15) is 35.3 Å². The lowest BCUT2D eigenvalue weighted by Gasteiger charge is -2.22. The first kappa shape index (κ1) is 13.3. The SMILES string of the molecule is Cc1ccc(C(=O)N(CCC(N)=NO)C2CC2)cn1. The van der Waals surface area contributed by atoms with Crippen LogP contribution in [-0.4, -0.2) is 39.4 Å². The van der Waals surface area contributed by atoms with E-state index in [1.165, 1.54) is 0 Å². The number of nitrogens with two attached hydrogens (primary N) is 1. The highest BCUT2D eigenvalue weighted by Crippen LogP contribution is 2.28. The third kappa shape index (κ3) is 3.43. The summed E-state index contributed by atoms with van der Waals surface area (Å²) in [6, 6.07) is 3.88. The van der Waals surface area contributed by atoms with Gasteiger partial charge < -0.3 is 15.8 Å². The number of aromatic nitrogens is 1. The zero-order valence-electron chi connectivity index (χ0n) is 10.9. The summed E-state index contributed by atoms with van der Waals surface area (Å²) in [5.74, 6) is 0.0984.